The van der Waals surface area contributed by atoms with E-state index in [0.717, 1.165) is 26.1 Å². The summed E-state index contributed by atoms with van der Waals surface area (Å²) >= 11 is 0. The molecule has 2 N–H and O–H groups in total. The third-order valence-corrected chi connectivity index (χ3v) is 3.20. The van der Waals surface area contributed by atoms with Gasteiger partial charge in [-0.25, -0.2) is 4.98 Å². The molecule has 0 radical (unpaired) electrons. The Morgan fingerprint density at radius 1 is 1.67 bits per heavy atom. The predicted molar refractivity (Wildman–Crippen MR) is 69.2 cm³/mol. The minimum absolute atomic E-state index is 0.0776. The van der Waals surface area contributed by atoms with Gasteiger partial charge >= 0.3 is 0 Å². The Kier molecular flexibility index (Phi) is 4.15. The molecule has 1 aliphatic rings. The zero-order valence-electron chi connectivity index (χ0n) is 10.6. The second-order valence-electron chi connectivity index (χ2n) is 4.71. The van der Waals surface area contributed by atoms with Gasteiger partial charge < -0.3 is 15.4 Å². The summed E-state index contributed by atoms with van der Waals surface area (Å²) in [5, 5.41) is 0. The van der Waals surface area contributed by atoms with Gasteiger partial charge in [0.15, 0.2) is 0 Å². The van der Waals surface area contributed by atoms with Crippen molar-refractivity contribution in [1.29, 1.82) is 0 Å². The van der Waals surface area contributed by atoms with E-state index < -0.39 is 0 Å². The van der Waals surface area contributed by atoms with E-state index >= 15 is 0 Å². The largest absolute Gasteiger partial charge is 0.383 e. The minimum atomic E-state index is -0.0776. The summed E-state index contributed by atoms with van der Waals surface area (Å²) in [6, 6.07) is 3.43. The molecule has 1 fully saturated rings. The first-order valence-electron chi connectivity index (χ1n) is 6.22. The second-order valence-corrected chi connectivity index (χ2v) is 4.71. The van der Waals surface area contributed by atoms with Gasteiger partial charge in [-0.15, -0.1) is 0 Å². The van der Waals surface area contributed by atoms with Crippen LogP contribution in [0.25, 0.3) is 0 Å². The molecule has 0 spiro atoms. The maximum atomic E-state index is 12.2. The van der Waals surface area contributed by atoms with Crippen LogP contribution in [0.2, 0.25) is 0 Å². The van der Waals surface area contributed by atoms with Crippen LogP contribution in [0.3, 0.4) is 0 Å². The van der Waals surface area contributed by atoms with E-state index in [0.29, 0.717) is 18.0 Å². The third kappa shape index (κ3) is 2.98. The Labute approximate surface area is 107 Å². The van der Waals surface area contributed by atoms with E-state index in [-0.39, 0.29) is 11.7 Å². The highest BCUT2D eigenvalue weighted by Gasteiger charge is 2.20. The summed E-state index contributed by atoms with van der Waals surface area (Å²) in [5.74, 6) is 0.631. The van der Waals surface area contributed by atoms with Crippen LogP contribution >= 0.6 is 0 Å². The molecule has 18 heavy (non-hydrogen) atoms. The van der Waals surface area contributed by atoms with Crippen LogP contribution < -0.4 is 5.73 Å². The summed E-state index contributed by atoms with van der Waals surface area (Å²) in [6.45, 7) is 2.27. The van der Waals surface area contributed by atoms with E-state index in [9.17, 15) is 4.79 Å². The molecule has 1 atom stereocenters. The smallest absolute Gasteiger partial charge is 0.257 e. The topological polar surface area (TPSA) is 68.5 Å². The van der Waals surface area contributed by atoms with Gasteiger partial charge in [-0.2, -0.15) is 0 Å². The number of anilines is 1. The molecule has 2 rings (SSSR count). The first-order chi connectivity index (χ1) is 8.68. The fourth-order valence-electron chi connectivity index (χ4n) is 2.23. The van der Waals surface area contributed by atoms with Crippen molar-refractivity contribution in [2.75, 3.05) is 32.5 Å². The number of hydrogen-bond acceptors (Lipinski definition) is 4. The third-order valence-electron chi connectivity index (χ3n) is 3.20. The summed E-state index contributed by atoms with van der Waals surface area (Å²) in [4.78, 5) is 17.8. The molecule has 5 nitrogen and oxygen atoms in total. The van der Waals surface area contributed by atoms with Crippen molar-refractivity contribution < 1.29 is 9.53 Å². The van der Waals surface area contributed by atoms with E-state index in [1.807, 2.05) is 0 Å². The standard InChI is InChI=1S/C13H19N3O2/c1-16(8-10-4-3-7-18-9-10)13(17)11-5-2-6-15-12(11)14/h2,5-6,10H,3-4,7-9H2,1H3,(H2,14,15). The number of hydrogen-bond donors (Lipinski definition) is 1. The lowest BCUT2D eigenvalue weighted by atomic mass is 10.0. The van der Waals surface area contributed by atoms with Crippen molar-refractivity contribution >= 4 is 11.7 Å². The fraction of sp³-hybridized carbons (Fsp3) is 0.538. The van der Waals surface area contributed by atoms with Gasteiger partial charge in [0.1, 0.15) is 5.82 Å². The number of nitrogen functional groups attached to an aromatic ring is 1. The molecule has 1 aliphatic heterocycles. The minimum Gasteiger partial charge on any atom is -0.383 e. The normalized spacial score (nSPS) is 19.5. The van der Waals surface area contributed by atoms with E-state index in [4.69, 9.17) is 10.5 Å². The summed E-state index contributed by atoms with van der Waals surface area (Å²) in [6.07, 6.45) is 3.77. The number of aromatic nitrogens is 1. The molecular weight excluding hydrogens is 230 g/mol. The number of pyridine rings is 1. The SMILES string of the molecule is CN(CC1CCCOC1)C(=O)c1cccnc1N. The Morgan fingerprint density at radius 2 is 2.50 bits per heavy atom. The molecule has 1 saturated heterocycles. The van der Waals surface area contributed by atoms with Crippen molar-refractivity contribution in [3.05, 3.63) is 23.9 Å². The van der Waals surface area contributed by atoms with Crippen LogP contribution in [0.5, 0.6) is 0 Å². The number of carbonyl (C=O) groups is 1. The van der Waals surface area contributed by atoms with Gasteiger partial charge in [0.05, 0.1) is 12.2 Å². The number of nitrogens with zero attached hydrogens (tertiary/aromatic N) is 2. The van der Waals surface area contributed by atoms with Crippen molar-refractivity contribution in [2.45, 2.75) is 12.8 Å². The van der Waals surface area contributed by atoms with Crippen LogP contribution in [0, 0.1) is 5.92 Å². The average Bonchev–Trinajstić information content (AvgIpc) is 2.39. The summed E-state index contributed by atoms with van der Waals surface area (Å²) in [7, 11) is 1.80. The average molecular weight is 249 g/mol. The van der Waals surface area contributed by atoms with E-state index in [1.54, 1.807) is 30.3 Å². The lowest BCUT2D eigenvalue weighted by Gasteiger charge is -2.27. The zero-order chi connectivity index (χ0) is 13.0. The molecule has 1 aromatic heterocycles. The molecular formula is C13H19N3O2. The monoisotopic (exact) mass is 249 g/mol. The van der Waals surface area contributed by atoms with Gasteiger partial charge in [0.25, 0.3) is 5.91 Å². The highest BCUT2D eigenvalue weighted by Crippen LogP contribution is 2.16. The fourth-order valence-corrected chi connectivity index (χ4v) is 2.23. The van der Waals surface area contributed by atoms with Crippen LogP contribution in [0.15, 0.2) is 18.3 Å². The molecule has 98 valence electrons. The van der Waals surface area contributed by atoms with Crippen LogP contribution in [-0.4, -0.2) is 42.6 Å². The van der Waals surface area contributed by atoms with E-state index in [1.165, 1.54) is 0 Å². The number of rotatable bonds is 3. The maximum absolute atomic E-state index is 12.2. The van der Waals surface area contributed by atoms with Crippen molar-refractivity contribution in [2.24, 2.45) is 5.92 Å². The molecule has 5 heteroatoms. The Morgan fingerprint density at radius 3 is 3.17 bits per heavy atom. The Bertz CT molecular complexity index is 416. The molecule has 1 aromatic rings. The molecule has 0 aliphatic carbocycles. The quantitative estimate of drug-likeness (QED) is 0.873. The number of amides is 1. The van der Waals surface area contributed by atoms with Crippen LogP contribution in [0.1, 0.15) is 23.2 Å². The lowest BCUT2D eigenvalue weighted by Crippen LogP contribution is -2.35. The molecule has 1 unspecified atom stereocenters. The molecule has 0 saturated carbocycles. The lowest BCUT2D eigenvalue weighted by molar-refractivity contribution is 0.0389. The molecule has 0 aromatic carbocycles. The second kappa shape index (κ2) is 5.82. The number of carbonyl (C=O) groups excluding carboxylic acids is 1. The first-order valence-corrected chi connectivity index (χ1v) is 6.22. The number of ether oxygens (including phenoxy) is 1. The zero-order valence-corrected chi connectivity index (χ0v) is 10.6. The van der Waals surface area contributed by atoms with Gasteiger partial charge in [-0.3, -0.25) is 4.79 Å². The van der Waals surface area contributed by atoms with Crippen LogP contribution in [0.4, 0.5) is 5.82 Å². The van der Waals surface area contributed by atoms with E-state index in [2.05, 4.69) is 4.98 Å². The van der Waals surface area contributed by atoms with Gasteiger partial charge in [-0.05, 0) is 30.9 Å². The van der Waals surface area contributed by atoms with Gasteiger partial charge in [0.2, 0.25) is 0 Å². The molecule has 2 heterocycles. The molecule has 1 amide bonds. The van der Waals surface area contributed by atoms with Crippen molar-refractivity contribution in [1.82, 2.24) is 9.88 Å². The summed E-state index contributed by atoms with van der Waals surface area (Å²) < 4.78 is 5.42. The first kappa shape index (κ1) is 12.8. The predicted octanol–water partition coefficient (Wildman–Crippen LogP) is 1.16. The molecule has 0 bridgehead atoms. The van der Waals surface area contributed by atoms with Gasteiger partial charge in [0, 0.05) is 26.4 Å². The highest BCUT2D eigenvalue weighted by atomic mass is 16.5. The van der Waals surface area contributed by atoms with Gasteiger partial charge in [-0.1, -0.05) is 0 Å². The highest BCUT2D eigenvalue weighted by molar-refractivity contribution is 5.98. The van der Waals surface area contributed by atoms with Crippen molar-refractivity contribution in [3.8, 4) is 0 Å². The Hall–Kier alpha value is -1.62. The Balaban J connectivity index is 1.98. The van der Waals surface area contributed by atoms with Crippen LogP contribution in [-0.2, 0) is 4.74 Å². The maximum Gasteiger partial charge on any atom is 0.257 e. The van der Waals surface area contributed by atoms with Crippen molar-refractivity contribution in [3.63, 3.8) is 0 Å². The number of nitrogens with two attached hydrogens (primary N) is 1. The summed E-state index contributed by atoms with van der Waals surface area (Å²) in [5.41, 5.74) is 6.18.